The molecule has 0 aromatic heterocycles. The van der Waals surface area contributed by atoms with Crippen LogP contribution >= 0.6 is 0 Å². The van der Waals surface area contributed by atoms with Gasteiger partial charge in [-0.15, -0.1) is 0 Å². The molecule has 2 heteroatoms. The molecule has 0 saturated heterocycles. The van der Waals surface area contributed by atoms with Crippen molar-refractivity contribution < 1.29 is 4.74 Å². The number of nitrogens with one attached hydrogen (secondary N) is 1. The minimum absolute atomic E-state index is 0.127. The molecule has 2 nitrogen and oxygen atoms in total. The van der Waals surface area contributed by atoms with E-state index in [0.29, 0.717) is 6.04 Å². The molecule has 0 aliphatic carbocycles. The second-order valence-electron chi connectivity index (χ2n) is 5.64. The van der Waals surface area contributed by atoms with Crippen LogP contribution in [0.4, 0.5) is 0 Å². The fourth-order valence-electron chi connectivity index (χ4n) is 2.94. The number of hydrogen-bond acceptors (Lipinski definition) is 2. The van der Waals surface area contributed by atoms with Gasteiger partial charge in [-0.2, -0.15) is 0 Å². The average Bonchev–Trinajstić information content (AvgIpc) is 2.46. The molecule has 1 aliphatic heterocycles. The van der Waals surface area contributed by atoms with Gasteiger partial charge in [0.2, 0.25) is 0 Å². The van der Waals surface area contributed by atoms with Gasteiger partial charge in [0.1, 0.15) is 11.9 Å². The first kappa shape index (κ1) is 13.2. The smallest absolute Gasteiger partial charge is 0.126 e. The Balaban J connectivity index is 1.96. The first-order valence-electron chi connectivity index (χ1n) is 7.18. The third-order valence-electron chi connectivity index (χ3n) is 4.02. The Hall–Kier alpha value is -1.80. The zero-order valence-corrected chi connectivity index (χ0v) is 12.3. The number of ether oxygens (including phenoxy) is 1. The number of aryl methyl sites for hydroxylation is 2. The van der Waals surface area contributed by atoms with E-state index in [2.05, 4.69) is 61.6 Å². The zero-order valence-electron chi connectivity index (χ0n) is 12.3. The largest absolute Gasteiger partial charge is 0.485 e. The van der Waals surface area contributed by atoms with Gasteiger partial charge in [-0.25, -0.2) is 0 Å². The van der Waals surface area contributed by atoms with E-state index >= 15 is 0 Å². The Labute approximate surface area is 120 Å². The van der Waals surface area contributed by atoms with Crippen LogP contribution in [0.3, 0.4) is 0 Å². The normalized spacial score (nSPS) is 21.1. The SMILES string of the molecule is CNC1CC(c2cccc(C)c2)Oc2ccc(C)cc21. The highest BCUT2D eigenvalue weighted by Crippen LogP contribution is 2.41. The Morgan fingerprint density at radius 1 is 1.05 bits per heavy atom. The minimum Gasteiger partial charge on any atom is -0.485 e. The fourth-order valence-corrected chi connectivity index (χ4v) is 2.94. The summed E-state index contributed by atoms with van der Waals surface area (Å²) in [5.74, 6) is 1.01. The lowest BCUT2D eigenvalue weighted by atomic mass is 9.91. The average molecular weight is 267 g/mol. The molecule has 0 bridgehead atoms. The van der Waals surface area contributed by atoms with Crippen LogP contribution in [-0.2, 0) is 0 Å². The summed E-state index contributed by atoms with van der Waals surface area (Å²) in [6.07, 6.45) is 1.10. The fraction of sp³-hybridized carbons (Fsp3) is 0.333. The van der Waals surface area contributed by atoms with Crippen LogP contribution in [0, 0.1) is 13.8 Å². The van der Waals surface area contributed by atoms with Crippen molar-refractivity contribution in [2.24, 2.45) is 0 Å². The van der Waals surface area contributed by atoms with Crippen molar-refractivity contribution in [2.75, 3.05) is 7.05 Å². The first-order chi connectivity index (χ1) is 9.67. The number of fused-ring (bicyclic) bond motifs is 1. The van der Waals surface area contributed by atoms with E-state index in [4.69, 9.17) is 4.74 Å². The van der Waals surface area contributed by atoms with Gasteiger partial charge < -0.3 is 10.1 Å². The number of benzene rings is 2. The lowest BCUT2D eigenvalue weighted by Crippen LogP contribution is -2.26. The molecule has 2 unspecified atom stereocenters. The monoisotopic (exact) mass is 267 g/mol. The summed E-state index contributed by atoms with van der Waals surface area (Å²) < 4.78 is 6.22. The summed E-state index contributed by atoms with van der Waals surface area (Å²) >= 11 is 0. The maximum Gasteiger partial charge on any atom is 0.126 e. The Morgan fingerprint density at radius 3 is 2.60 bits per heavy atom. The van der Waals surface area contributed by atoms with Gasteiger partial charge >= 0.3 is 0 Å². The van der Waals surface area contributed by atoms with Gasteiger partial charge in [-0.05, 0) is 32.5 Å². The predicted octanol–water partition coefficient (Wildman–Crippen LogP) is 4.09. The van der Waals surface area contributed by atoms with E-state index in [9.17, 15) is 0 Å². The van der Waals surface area contributed by atoms with Crippen LogP contribution in [0.5, 0.6) is 5.75 Å². The van der Waals surface area contributed by atoms with Crippen LogP contribution in [-0.4, -0.2) is 7.05 Å². The summed E-state index contributed by atoms with van der Waals surface area (Å²) in [5, 5.41) is 3.42. The van der Waals surface area contributed by atoms with Crippen LogP contribution in [0.25, 0.3) is 0 Å². The summed E-state index contributed by atoms with van der Waals surface area (Å²) in [6, 6.07) is 15.4. The van der Waals surface area contributed by atoms with Crippen LogP contribution < -0.4 is 10.1 Å². The van der Waals surface area contributed by atoms with Crippen molar-refractivity contribution in [2.45, 2.75) is 32.4 Å². The molecule has 1 N–H and O–H groups in total. The second kappa shape index (κ2) is 5.29. The lowest BCUT2D eigenvalue weighted by Gasteiger charge is -2.32. The van der Waals surface area contributed by atoms with Gasteiger partial charge in [0.25, 0.3) is 0 Å². The van der Waals surface area contributed by atoms with Crippen LogP contribution in [0.2, 0.25) is 0 Å². The van der Waals surface area contributed by atoms with Crippen LogP contribution in [0.1, 0.15) is 40.8 Å². The highest BCUT2D eigenvalue weighted by atomic mass is 16.5. The van der Waals surface area contributed by atoms with E-state index in [0.717, 1.165) is 12.2 Å². The quantitative estimate of drug-likeness (QED) is 0.885. The van der Waals surface area contributed by atoms with Gasteiger partial charge in [0, 0.05) is 18.0 Å². The molecule has 2 aromatic rings. The van der Waals surface area contributed by atoms with E-state index < -0.39 is 0 Å². The molecule has 3 rings (SSSR count). The summed E-state index contributed by atoms with van der Waals surface area (Å²) in [6.45, 7) is 4.25. The van der Waals surface area contributed by atoms with E-state index in [1.54, 1.807) is 0 Å². The molecule has 1 aliphatic rings. The van der Waals surface area contributed by atoms with Gasteiger partial charge in [-0.3, -0.25) is 0 Å². The molecule has 0 saturated carbocycles. The highest BCUT2D eigenvalue weighted by Gasteiger charge is 2.28. The van der Waals surface area contributed by atoms with Crippen molar-refractivity contribution in [3.05, 3.63) is 64.7 Å². The highest BCUT2D eigenvalue weighted by molar-refractivity contribution is 5.42. The Kier molecular flexibility index (Phi) is 3.49. The zero-order chi connectivity index (χ0) is 14.1. The van der Waals surface area contributed by atoms with Crippen molar-refractivity contribution in [3.8, 4) is 5.75 Å². The van der Waals surface area contributed by atoms with Gasteiger partial charge in [0.15, 0.2) is 0 Å². The maximum absolute atomic E-state index is 6.22. The molecular weight excluding hydrogens is 246 g/mol. The number of rotatable bonds is 2. The van der Waals surface area contributed by atoms with Crippen molar-refractivity contribution >= 4 is 0 Å². The van der Waals surface area contributed by atoms with E-state index in [-0.39, 0.29) is 6.10 Å². The van der Waals surface area contributed by atoms with E-state index in [1.807, 2.05) is 7.05 Å². The topological polar surface area (TPSA) is 21.3 Å². The molecule has 0 spiro atoms. The van der Waals surface area contributed by atoms with Crippen molar-refractivity contribution in [1.29, 1.82) is 0 Å². The summed E-state index contributed by atoms with van der Waals surface area (Å²) in [5.41, 5.74) is 5.09. The molecule has 2 atom stereocenters. The molecule has 2 aromatic carbocycles. The molecule has 104 valence electrons. The van der Waals surface area contributed by atoms with Gasteiger partial charge in [0.05, 0.1) is 0 Å². The summed E-state index contributed by atoms with van der Waals surface area (Å²) in [4.78, 5) is 0. The second-order valence-corrected chi connectivity index (χ2v) is 5.64. The number of hydrogen-bond donors (Lipinski definition) is 1. The van der Waals surface area contributed by atoms with Crippen LogP contribution in [0.15, 0.2) is 42.5 Å². The lowest BCUT2D eigenvalue weighted by molar-refractivity contribution is 0.154. The molecule has 0 fully saturated rings. The molecule has 0 radical (unpaired) electrons. The Morgan fingerprint density at radius 2 is 1.85 bits per heavy atom. The third kappa shape index (κ3) is 2.44. The molecule has 20 heavy (non-hydrogen) atoms. The predicted molar refractivity (Wildman–Crippen MR) is 82.1 cm³/mol. The van der Waals surface area contributed by atoms with E-state index in [1.165, 1.54) is 22.3 Å². The van der Waals surface area contributed by atoms with Crippen molar-refractivity contribution in [3.63, 3.8) is 0 Å². The standard InChI is InChI=1S/C18H21NO/c1-12-5-4-6-14(9-12)18-11-16(19-3)15-10-13(2)7-8-17(15)20-18/h4-10,16,18-19H,11H2,1-3H3. The molecular formula is C18H21NO. The van der Waals surface area contributed by atoms with Gasteiger partial charge in [-0.1, -0.05) is 47.5 Å². The maximum atomic E-state index is 6.22. The first-order valence-corrected chi connectivity index (χ1v) is 7.18. The minimum atomic E-state index is 0.127. The molecule has 1 heterocycles. The molecule has 0 amide bonds. The summed E-state index contributed by atoms with van der Waals surface area (Å²) in [7, 11) is 2.02. The van der Waals surface area contributed by atoms with Crippen molar-refractivity contribution in [1.82, 2.24) is 5.32 Å². The Bertz CT molecular complexity index is 621. The third-order valence-corrected chi connectivity index (χ3v) is 4.02.